The van der Waals surface area contributed by atoms with E-state index in [1.165, 1.54) is 18.4 Å². The first kappa shape index (κ1) is 15.7. The van der Waals surface area contributed by atoms with Gasteiger partial charge in [-0.1, -0.05) is 25.5 Å². The van der Waals surface area contributed by atoms with Crippen LogP contribution in [0.25, 0.3) is 0 Å². The van der Waals surface area contributed by atoms with E-state index >= 15 is 0 Å². The number of likely N-dealkylation sites (N-methyl/N-ethyl adjacent to an activating group) is 1. The fourth-order valence-electron chi connectivity index (χ4n) is 1.77. The molecule has 0 aromatic heterocycles. The topological polar surface area (TPSA) is 40.5 Å². The van der Waals surface area contributed by atoms with Gasteiger partial charge < -0.3 is 10.0 Å². The highest BCUT2D eigenvalue weighted by Crippen LogP contribution is 2.16. The molecule has 106 valence electrons. The van der Waals surface area contributed by atoms with Gasteiger partial charge in [-0.25, -0.2) is 0 Å². The third-order valence-corrected chi connectivity index (χ3v) is 3.62. The van der Waals surface area contributed by atoms with Crippen molar-refractivity contribution in [2.24, 2.45) is 0 Å². The normalized spacial score (nSPS) is 11.4. The van der Waals surface area contributed by atoms with E-state index in [9.17, 15) is 9.90 Å². The van der Waals surface area contributed by atoms with Gasteiger partial charge in [0.25, 0.3) is 5.91 Å². The molecule has 0 unspecified atom stereocenters. The summed E-state index contributed by atoms with van der Waals surface area (Å²) >= 11 is 0. The van der Waals surface area contributed by atoms with Gasteiger partial charge >= 0.3 is 0 Å². The number of benzene rings is 1. The van der Waals surface area contributed by atoms with Crippen molar-refractivity contribution in [1.29, 1.82) is 0 Å². The largest absolute Gasteiger partial charge is 0.394 e. The van der Waals surface area contributed by atoms with Crippen molar-refractivity contribution in [3.8, 4) is 0 Å². The Balaban J connectivity index is 2.78. The van der Waals surface area contributed by atoms with Crippen LogP contribution in [-0.2, 0) is 6.42 Å². The SMILES string of the molecule is CCCCc1ccc(C(=O)N(C)C(C)(C)CO)cc1. The van der Waals surface area contributed by atoms with E-state index in [1.807, 2.05) is 38.1 Å². The number of carbonyl (C=O) groups is 1. The molecule has 3 heteroatoms. The molecule has 0 aliphatic carbocycles. The Labute approximate surface area is 116 Å². The van der Waals surface area contributed by atoms with Crippen molar-refractivity contribution in [3.63, 3.8) is 0 Å². The zero-order valence-electron chi connectivity index (χ0n) is 12.4. The lowest BCUT2D eigenvalue weighted by Gasteiger charge is -2.34. The van der Waals surface area contributed by atoms with Crippen LogP contribution in [0.2, 0.25) is 0 Å². The molecule has 1 aromatic rings. The van der Waals surface area contributed by atoms with Crippen LogP contribution in [0.1, 0.15) is 49.5 Å². The maximum Gasteiger partial charge on any atom is 0.254 e. The lowest BCUT2D eigenvalue weighted by atomic mass is 10.0. The molecule has 1 N–H and O–H groups in total. The van der Waals surface area contributed by atoms with Gasteiger partial charge in [-0.05, 0) is 44.4 Å². The van der Waals surface area contributed by atoms with E-state index in [1.54, 1.807) is 11.9 Å². The highest BCUT2D eigenvalue weighted by molar-refractivity contribution is 5.94. The summed E-state index contributed by atoms with van der Waals surface area (Å²) in [5.41, 5.74) is 1.39. The number of nitrogens with zero attached hydrogens (tertiary/aromatic N) is 1. The summed E-state index contributed by atoms with van der Waals surface area (Å²) in [6.07, 6.45) is 3.40. The lowest BCUT2D eigenvalue weighted by molar-refractivity contribution is 0.0473. The van der Waals surface area contributed by atoms with E-state index in [-0.39, 0.29) is 12.5 Å². The van der Waals surface area contributed by atoms with Crippen LogP contribution >= 0.6 is 0 Å². The molecule has 0 saturated carbocycles. The number of aliphatic hydroxyl groups is 1. The predicted molar refractivity (Wildman–Crippen MR) is 78.3 cm³/mol. The Kier molecular flexibility index (Phi) is 5.55. The van der Waals surface area contributed by atoms with E-state index in [0.717, 1.165) is 6.42 Å². The van der Waals surface area contributed by atoms with Crippen LogP contribution in [0.5, 0.6) is 0 Å². The summed E-state index contributed by atoms with van der Waals surface area (Å²) < 4.78 is 0. The number of hydrogen-bond acceptors (Lipinski definition) is 2. The van der Waals surface area contributed by atoms with Crippen LogP contribution < -0.4 is 0 Å². The molecule has 0 heterocycles. The Morgan fingerprint density at radius 3 is 2.32 bits per heavy atom. The van der Waals surface area contributed by atoms with Crippen molar-refractivity contribution in [1.82, 2.24) is 4.90 Å². The van der Waals surface area contributed by atoms with Gasteiger partial charge in [-0.15, -0.1) is 0 Å². The molecule has 0 atom stereocenters. The number of aryl methyl sites for hydroxylation is 1. The zero-order chi connectivity index (χ0) is 14.5. The summed E-state index contributed by atoms with van der Waals surface area (Å²) in [6, 6.07) is 7.78. The summed E-state index contributed by atoms with van der Waals surface area (Å²) in [4.78, 5) is 13.9. The van der Waals surface area contributed by atoms with Crippen molar-refractivity contribution in [2.75, 3.05) is 13.7 Å². The van der Waals surface area contributed by atoms with Crippen molar-refractivity contribution in [2.45, 2.75) is 45.6 Å². The van der Waals surface area contributed by atoms with Gasteiger partial charge in [-0.3, -0.25) is 4.79 Å². The second-order valence-electron chi connectivity index (χ2n) is 5.64. The van der Waals surface area contributed by atoms with Crippen LogP contribution in [0, 0.1) is 0 Å². The number of rotatable bonds is 6. The molecule has 1 aromatic carbocycles. The minimum absolute atomic E-state index is 0.0518. The van der Waals surface area contributed by atoms with Gasteiger partial charge in [0.1, 0.15) is 0 Å². The first-order chi connectivity index (χ1) is 8.92. The maximum atomic E-state index is 12.3. The van der Waals surface area contributed by atoms with Gasteiger partial charge in [-0.2, -0.15) is 0 Å². The Hall–Kier alpha value is -1.35. The quantitative estimate of drug-likeness (QED) is 0.857. The van der Waals surface area contributed by atoms with Crippen LogP contribution in [0.15, 0.2) is 24.3 Å². The Bertz CT molecular complexity index is 409. The fourth-order valence-corrected chi connectivity index (χ4v) is 1.77. The summed E-state index contributed by atoms with van der Waals surface area (Å²) in [7, 11) is 1.73. The number of amides is 1. The minimum atomic E-state index is -0.544. The Morgan fingerprint density at radius 1 is 1.26 bits per heavy atom. The van der Waals surface area contributed by atoms with Crippen LogP contribution in [0.3, 0.4) is 0 Å². The second-order valence-corrected chi connectivity index (χ2v) is 5.64. The summed E-state index contributed by atoms with van der Waals surface area (Å²) in [6.45, 7) is 5.81. The average molecular weight is 263 g/mol. The van der Waals surface area contributed by atoms with Crippen LogP contribution in [-0.4, -0.2) is 35.1 Å². The van der Waals surface area contributed by atoms with Gasteiger partial charge in [0.05, 0.1) is 12.1 Å². The van der Waals surface area contributed by atoms with E-state index < -0.39 is 5.54 Å². The Morgan fingerprint density at radius 2 is 1.84 bits per heavy atom. The third-order valence-electron chi connectivity index (χ3n) is 3.62. The molecule has 0 fully saturated rings. The molecular formula is C16H25NO2. The van der Waals surface area contributed by atoms with Crippen molar-refractivity contribution < 1.29 is 9.90 Å². The smallest absolute Gasteiger partial charge is 0.254 e. The molecule has 0 aliphatic heterocycles. The van der Waals surface area contributed by atoms with Crippen molar-refractivity contribution >= 4 is 5.91 Å². The first-order valence-electron chi connectivity index (χ1n) is 6.90. The highest BCUT2D eigenvalue weighted by atomic mass is 16.3. The third kappa shape index (κ3) is 4.06. The summed E-state index contributed by atoms with van der Waals surface area (Å²) in [5, 5.41) is 9.31. The molecule has 3 nitrogen and oxygen atoms in total. The molecule has 19 heavy (non-hydrogen) atoms. The standard InChI is InChI=1S/C16H25NO2/c1-5-6-7-13-8-10-14(11-9-13)15(19)17(4)16(2,3)12-18/h8-11,18H,5-7,12H2,1-4H3. The number of carbonyl (C=O) groups excluding carboxylic acids is 1. The lowest BCUT2D eigenvalue weighted by Crippen LogP contribution is -2.47. The van der Waals surface area contributed by atoms with E-state index in [2.05, 4.69) is 6.92 Å². The minimum Gasteiger partial charge on any atom is -0.394 e. The monoisotopic (exact) mass is 263 g/mol. The molecule has 0 radical (unpaired) electrons. The molecular weight excluding hydrogens is 238 g/mol. The molecule has 0 spiro atoms. The molecule has 0 saturated heterocycles. The fraction of sp³-hybridized carbons (Fsp3) is 0.562. The zero-order valence-corrected chi connectivity index (χ0v) is 12.4. The van der Waals surface area contributed by atoms with Crippen LogP contribution in [0.4, 0.5) is 0 Å². The predicted octanol–water partition coefficient (Wildman–Crippen LogP) is 2.87. The molecule has 0 aliphatic rings. The molecule has 1 amide bonds. The van der Waals surface area contributed by atoms with E-state index in [0.29, 0.717) is 5.56 Å². The van der Waals surface area contributed by atoms with E-state index in [4.69, 9.17) is 0 Å². The van der Waals surface area contributed by atoms with Crippen molar-refractivity contribution in [3.05, 3.63) is 35.4 Å². The van der Waals surface area contributed by atoms with Gasteiger partial charge in [0, 0.05) is 12.6 Å². The summed E-state index contributed by atoms with van der Waals surface area (Å²) in [5.74, 6) is -0.0545. The molecule has 1 rings (SSSR count). The number of unbranched alkanes of at least 4 members (excludes halogenated alkanes) is 1. The highest BCUT2D eigenvalue weighted by Gasteiger charge is 2.27. The number of aliphatic hydroxyl groups excluding tert-OH is 1. The second kappa shape index (κ2) is 6.71. The first-order valence-corrected chi connectivity index (χ1v) is 6.90. The van der Waals surface area contributed by atoms with Gasteiger partial charge in [0.2, 0.25) is 0 Å². The maximum absolute atomic E-state index is 12.3. The van der Waals surface area contributed by atoms with Gasteiger partial charge in [0.15, 0.2) is 0 Å². The average Bonchev–Trinajstić information content (AvgIpc) is 2.44. The number of hydrogen-bond donors (Lipinski definition) is 1. The molecule has 0 bridgehead atoms.